The van der Waals surface area contributed by atoms with Gasteiger partial charge in [0.2, 0.25) is 12.3 Å². The molecule has 0 fully saturated rings. The van der Waals surface area contributed by atoms with Crippen LogP contribution in [0.4, 0.5) is 0 Å². The minimum Gasteiger partial charge on any atom is -0.294 e. The molecule has 3 nitrogen and oxygen atoms in total. The molecule has 102 valence electrons. The maximum absolute atomic E-state index is 12.2. The van der Waals surface area contributed by atoms with Crippen molar-refractivity contribution in [2.45, 2.75) is 26.8 Å². The molecule has 0 N–H and O–H groups in total. The van der Waals surface area contributed by atoms with Crippen molar-refractivity contribution in [3.63, 3.8) is 0 Å². The highest BCUT2D eigenvalue weighted by Crippen LogP contribution is 2.06. The largest absolute Gasteiger partial charge is 0.294 e. The van der Waals surface area contributed by atoms with Gasteiger partial charge in [0.05, 0.1) is 5.56 Å². The molecule has 0 bridgehead atoms. The van der Waals surface area contributed by atoms with Gasteiger partial charge < -0.3 is 0 Å². The number of nitrogens with zero attached hydrogens (tertiary/aromatic N) is 1. The minimum absolute atomic E-state index is 0.000835. The third-order valence-corrected chi connectivity index (χ3v) is 3.28. The molecule has 0 aliphatic carbocycles. The van der Waals surface area contributed by atoms with Crippen molar-refractivity contribution in [1.29, 1.82) is 0 Å². The molecule has 0 unspecified atom stereocenters. The summed E-state index contributed by atoms with van der Waals surface area (Å²) in [6, 6.07) is 11.2. The number of carbonyl (C=O) groups is 2. The lowest BCUT2D eigenvalue weighted by molar-refractivity contribution is -0.683. The highest BCUT2D eigenvalue weighted by molar-refractivity contribution is 5.95. The molecule has 0 saturated heterocycles. The van der Waals surface area contributed by atoms with E-state index in [9.17, 15) is 9.59 Å². The number of hydrogen-bond donors (Lipinski definition) is 0. The van der Waals surface area contributed by atoms with Crippen LogP contribution in [0.1, 0.15) is 40.1 Å². The summed E-state index contributed by atoms with van der Waals surface area (Å²) in [5.74, 6) is 0.0393. The molecular formula is C17H18NO2+. The SMILES string of the molecule is CCc1ccc(C(=O)C[n+]2cccc(C(C)=O)c2)cc1. The standard InChI is InChI=1S/C17H18NO2/c1-3-14-6-8-15(9-7-14)17(20)12-18-10-4-5-16(11-18)13(2)19/h4-11H,3,12H2,1-2H3/q+1. The summed E-state index contributed by atoms with van der Waals surface area (Å²) in [5.41, 5.74) is 2.53. The number of rotatable bonds is 5. The Balaban J connectivity index is 2.14. The zero-order valence-corrected chi connectivity index (χ0v) is 11.8. The van der Waals surface area contributed by atoms with Crippen molar-refractivity contribution in [2.24, 2.45) is 0 Å². The van der Waals surface area contributed by atoms with Gasteiger partial charge >= 0.3 is 0 Å². The van der Waals surface area contributed by atoms with Crippen LogP contribution in [0.15, 0.2) is 48.8 Å². The van der Waals surface area contributed by atoms with E-state index < -0.39 is 0 Å². The molecule has 0 spiro atoms. The van der Waals surface area contributed by atoms with E-state index in [4.69, 9.17) is 0 Å². The van der Waals surface area contributed by atoms with E-state index in [0.717, 1.165) is 6.42 Å². The Labute approximate surface area is 118 Å². The van der Waals surface area contributed by atoms with Gasteiger partial charge in [-0.25, -0.2) is 0 Å². The number of Topliss-reactive ketones (excluding diaryl/α,β-unsaturated/α-hetero) is 2. The summed E-state index contributed by atoms with van der Waals surface area (Å²) in [6.45, 7) is 3.84. The Hall–Kier alpha value is -2.29. The first-order valence-electron chi connectivity index (χ1n) is 6.72. The molecule has 0 saturated carbocycles. The van der Waals surface area contributed by atoms with E-state index in [1.165, 1.54) is 12.5 Å². The topological polar surface area (TPSA) is 38.0 Å². The van der Waals surface area contributed by atoms with Crippen LogP contribution in [0.3, 0.4) is 0 Å². The predicted molar refractivity (Wildman–Crippen MR) is 76.8 cm³/mol. The van der Waals surface area contributed by atoms with Crippen molar-refractivity contribution in [1.82, 2.24) is 0 Å². The van der Waals surface area contributed by atoms with Crippen LogP contribution in [0.25, 0.3) is 0 Å². The molecule has 1 aromatic carbocycles. The molecule has 0 radical (unpaired) electrons. The highest BCUT2D eigenvalue weighted by Gasteiger charge is 2.13. The van der Waals surface area contributed by atoms with Gasteiger partial charge in [-0.1, -0.05) is 31.2 Å². The Kier molecular flexibility index (Phi) is 4.41. The summed E-state index contributed by atoms with van der Waals surface area (Å²) in [7, 11) is 0. The van der Waals surface area contributed by atoms with E-state index in [0.29, 0.717) is 11.1 Å². The van der Waals surface area contributed by atoms with Crippen molar-refractivity contribution < 1.29 is 14.2 Å². The van der Waals surface area contributed by atoms with Crippen LogP contribution in [-0.4, -0.2) is 11.6 Å². The summed E-state index contributed by atoms with van der Waals surface area (Å²) in [4.78, 5) is 23.5. The van der Waals surface area contributed by atoms with Gasteiger partial charge in [-0.15, -0.1) is 0 Å². The lowest BCUT2D eigenvalue weighted by Crippen LogP contribution is -2.37. The molecule has 1 aromatic heterocycles. The maximum atomic E-state index is 12.2. The number of aryl methyl sites for hydroxylation is 1. The van der Waals surface area contributed by atoms with E-state index in [1.807, 2.05) is 24.3 Å². The van der Waals surface area contributed by atoms with Gasteiger partial charge in [0.1, 0.15) is 0 Å². The molecule has 3 heteroatoms. The first-order valence-corrected chi connectivity index (χ1v) is 6.72. The fraction of sp³-hybridized carbons (Fsp3) is 0.235. The van der Waals surface area contributed by atoms with E-state index in [1.54, 1.807) is 29.1 Å². The average Bonchev–Trinajstić information content (AvgIpc) is 2.47. The smallest absolute Gasteiger partial charge is 0.227 e. The number of hydrogen-bond acceptors (Lipinski definition) is 2. The third kappa shape index (κ3) is 3.38. The summed E-state index contributed by atoms with van der Waals surface area (Å²) in [5, 5.41) is 0. The maximum Gasteiger partial charge on any atom is 0.227 e. The number of pyridine rings is 1. The van der Waals surface area contributed by atoms with Gasteiger partial charge in [-0.05, 0) is 25.0 Å². The number of carbonyl (C=O) groups excluding carboxylic acids is 2. The van der Waals surface area contributed by atoms with Gasteiger partial charge in [0.15, 0.2) is 18.2 Å². The quantitative estimate of drug-likeness (QED) is 0.617. The lowest BCUT2D eigenvalue weighted by Gasteiger charge is -2.01. The lowest BCUT2D eigenvalue weighted by atomic mass is 10.1. The minimum atomic E-state index is -0.000835. The second kappa shape index (κ2) is 6.24. The molecule has 20 heavy (non-hydrogen) atoms. The van der Waals surface area contributed by atoms with E-state index in [2.05, 4.69) is 6.92 Å². The fourth-order valence-corrected chi connectivity index (χ4v) is 2.01. The highest BCUT2D eigenvalue weighted by atomic mass is 16.1. The monoisotopic (exact) mass is 268 g/mol. The second-order valence-electron chi connectivity index (χ2n) is 4.79. The Morgan fingerprint density at radius 2 is 1.75 bits per heavy atom. The summed E-state index contributed by atoms with van der Waals surface area (Å²) >= 11 is 0. The molecule has 0 aliphatic rings. The van der Waals surface area contributed by atoms with Crippen LogP contribution in [-0.2, 0) is 13.0 Å². The van der Waals surface area contributed by atoms with E-state index >= 15 is 0 Å². The van der Waals surface area contributed by atoms with Crippen molar-refractivity contribution in [3.05, 3.63) is 65.5 Å². The average molecular weight is 268 g/mol. The van der Waals surface area contributed by atoms with E-state index in [-0.39, 0.29) is 18.1 Å². The first kappa shape index (κ1) is 14.1. The van der Waals surface area contributed by atoms with Crippen LogP contribution < -0.4 is 4.57 Å². The predicted octanol–water partition coefficient (Wildman–Crippen LogP) is 2.62. The second-order valence-corrected chi connectivity index (χ2v) is 4.79. The molecular weight excluding hydrogens is 250 g/mol. The Morgan fingerprint density at radius 3 is 2.35 bits per heavy atom. The number of ketones is 2. The van der Waals surface area contributed by atoms with Crippen LogP contribution in [0.2, 0.25) is 0 Å². The summed E-state index contributed by atoms with van der Waals surface area (Å²) in [6.07, 6.45) is 4.47. The molecule has 0 aliphatic heterocycles. The molecule has 2 rings (SSSR count). The van der Waals surface area contributed by atoms with Gasteiger partial charge in [-0.2, -0.15) is 4.57 Å². The first-order chi connectivity index (χ1) is 9.60. The van der Waals surface area contributed by atoms with Crippen molar-refractivity contribution >= 4 is 11.6 Å². The molecule has 2 aromatic rings. The van der Waals surface area contributed by atoms with Gasteiger partial charge in [0, 0.05) is 11.6 Å². The normalized spacial score (nSPS) is 10.3. The fourth-order valence-electron chi connectivity index (χ4n) is 2.01. The van der Waals surface area contributed by atoms with Crippen LogP contribution in [0, 0.1) is 0 Å². The van der Waals surface area contributed by atoms with Crippen molar-refractivity contribution in [3.8, 4) is 0 Å². The Morgan fingerprint density at radius 1 is 1.05 bits per heavy atom. The van der Waals surface area contributed by atoms with Gasteiger partial charge in [0.25, 0.3) is 0 Å². The number of aromatic nitrogens is 1. The number of benzene rings is 1. The van der Waals surface area contributed by atoms with Crippen LogP contribution >= 0.6 is 0 Å². The summed E-state index contributed by atoms with van der Waals surface area (Å²) < 4.78 is 1.74. The molecule has 0 amide bonds. The van der Waals surface area contributed by atoms with Gasteiger partial charge in [-0.3, -0.25) is 9.59 Å². The Bertz CT molecular complexity index is 630. The third-order valence-electron chi connectivity index (χ3n) is 3.28. The zero-order chi connectivity index (χ0) is 14.5. The molecule has 1 heterocycles. The van der Waals surface area contributed by atoms with Crippen molar-refractivity contribution in [2.75, 3.05) is 0 Å². The van der Waals surface area contributed by atoms with Crippen LogP contribution in [0.5, 0.6) is 0 Å². The molecule has 0 atom stereocenters. The zero-order valence-electron chi connectivity index (χ0n) is 11.8.